The molecule has 3 heterocycles. The van der Waals surface area contributed by atoms with Gasteiger partial charge in [0.05, 0.1) is 5.56 Å². The number of aromatic nitrogens is 1. The molecule has 0 aliphatic carbocycles. The third-order valence-corrected chi connectivity index (χ3v) is 3.80. The van der Waals surface area contributed by atoms with Crippen molar-refractivity contribution in [3.8, 4) is 0 Å². The van der Waals surface area contributed by atoms with Crippen molar-refractivity contribution in [2.45, 2.75) is 6.92 Å². The van der Waals surface area contributed by atoms with Crippen LogP contribution in [0, 0.1) is 18.8 Å². The molecule has 1 aromatic rings. The number of carbonyl (C=O) groups is 1. The minimum absolute atomic E-state index is 0.135. The van der Waals surface area contributed by atoms with Crippen molar-refractivity contribution in [1.82, 2.24) is 15.2 Å². The molecule has 3 rings (SSSR count). The predicted molar refractivity (Wildman–Crippen MR) is 64.7 cm³/mol. The molecular weight excluding hydrogens is 214 g/mol. The summed E-state index contributed by atoms with van der Waals surface area (Å²) >= 11 is 0. The van der Waals surface area contributed by atoms with Gasteiger partial charge < -0.3 is 10.2 Å². The number of nitrogens with one attached hydrogen (secondary N) is 1. The molecule has 2 unspecified atom stereocenters. The average Bonchev–Trinajstić information content (AvgIpc) is 2.88. The van der Waals surface area contributed by atoms with E-state index in [-0.39, 0.29) is 5.91 Å². The van der Waals surface area contributed by atoms with Gasteiger partial charge in [0.1, 0.15) is 0 Å². The summed E-state index contributed by atoms with van der Waals surface area (Å²) in [6, 6.07) is 1.92. The first-order valence-electron chi connectivity index (χ1n) is 6.15. The second-order valence-electron chi connectivity index (χ2n) is 5.14. The van der Waals surface area contributed by atoms with Crippen molar-refractivity contribution < 1.29 is 4.79 Å². The van der Waals surface area contributed by atoms with Crippen LogP contribution >= 0.6 is 0 Å². The van der Waals surface area contributed by atoms with Gasteiger partial charge in [-0.25, -0.2) is 0 Å². The zero-order chi connectivity index (χ0) is 11.8. The van der Waals surface area contributed by atoms with E-state index < -0.39 is 0 Å². The molecule has 4 nitrogen and oxygen atoms in total. The fourth-order valence-electron chi connectivity index (χ4n) is 2.88. The highest BCUT2D eigenvalue weighted by molar-refractivity contribution is 5.94. The van der Waals surface area contributed by atoms with E-state index in [1.165, 1.54) is 0 Å². The first-order chi connectivity index (χ1) is 8.24. The van der Waals surface area contributed by atoms with Crippen molar-refractivity contribution in [3.63, 3.8) is 0 Å². The van der Waals surface area contributed by atoms with Crippen molar-refractivity contribution in [3.05, 3.63) is 29.6 Å². The summed E-state index contributed by atoms with van der Waals surface area (Å²) in [6.45, 7) is 5.86. The molecule has 0 radical (unpaired) electrons. The number of pyridine rings is 1. The Morgan fingerprint density at radius 3 is 2.71 bits per heavy atom. The van der Waals surface area contributed by atoms with Gasteiger partial charge in [-0.2, -0.15) is 0 Å². The fourth-order valence-corrected chi connectivity index (χ4v) is 2.88. The summed E-state index contributed by atoms with van der Waals surface area (Å²) < 4.78 is 0. The molecule has 1 amide bonds. The van der Waals surface area contributed by atoms with Crippen LogP contribution < -0.4 is 5.32 Å². The Morgan fingerprint density at radius 2 is 2.06 bits per heavy atom. The predicted octanol–water partition coefficient (Wildman–Crippen LogP) is 0.681. The second-order valence-corrected chi connectivity index (χ2v) is 5.14. The van der Waals surface area contributed by atoms with Crippen LogP contribution in [-0.2, 0) is 0 Å². The Balaban J connectivity index is 1.75. The molecule has 4 heteroatoms. The normalized spacial score (nSPS) is 27.2. The van der Waals surface area contributed by atoms with E-state index in [4.69, 9.17) is 0 Å². The zero-order valence-corrected chi connectivity index (χ0v) is 10.0. The highest BCUT2D eigenvalue weighted by Gasteiger charge is 2.38. The van der Waals surface area contributed by atoms with Crippen LogP contribution in [0.3, 0.4) is 0 Å². The number of carbonyl (C=O) groups excluding carboxylic acids is 1. The number of hydrogen-bond donors (Lipinski definition) is 1. The van der Waals surface area contributed by atoms with Gasteiger partial charge in [-0.1, -0.05) is 0 Å². The molecule has 2 saturated heterocycles. The number of fused-ring (bicyclic) bond motifs is 1. The molecule has 2 fully saturated rings. The minimum Gasteiger partial charge on any atom is -0.338 e. The smallest absolute Gasteiger partial charge is 0.255 e. The van der Waals surface area contributed by atoms with Gasteiger partial charge in [0.25, 0.3) is 5.91 Å². The summed E-state index contributed by atoms with van der Waals surface area (Å²) in [5, 5.41) is 3.38. The van der Waals surface area contributed by atoms with E-state index in [0.29, 0.717) is 11.8 Å². The van der Waals surface area contributed by atoms with Gasteiger partial charge in [0, 0.05) is 38.6 Å². The SMILES string of the molecule is Cc1cncc(C(=O)N2CC3CNCC3C2)c1. The quantitative estimate of drug-likeness (QED) is 0.773. The monoisotopic (exact) mass is 231 g/mol. The lowest BCUT2D eigenvalue weighted by Gasteiger charge is -2.17. The lowest BCUT2D eigenvalue weighted by Crippen LogP contribution is -2.31. The molecule has 17 heavy (non-hydrogen) atoms. The van der Waals surface area contributed by atoms with E-state index in [1.807, 2.05) is 17.9 Å². The molecule has 2 aliphatic rings. The Labute approximate surface area is 101 Å². The molecule has 1 N–H and O–H groups in total. The fraction of sp³-hybridized carbons (Fsp3) is 0.538. The summed E-state index contributed by atoms with van der Waals surface area (Å²) in [4.78, 5) is 18.4. The standard InChI is InChI=1S/C13H17N3O/c1-9-2-10(4-14-3-9)13(17)16-7-11-5-15-6-12(11)8-16/h2-4,11-12,15H,5-8H2,1H3. The van der Waals surface area contributed by atoms with E-state index >= 15 is 0 Å². The summed E-state index contributed by atoms with van der Waals surface area (Å²) in [5.74, 6) is 1.43. The van der Waals surface area contributed by atoms with Gasteiger partial charge in [-0.3, -0.25) is 9.78 Å². The van der Waals surface area contributed by atoms with Crippen molar-refractivity contribution >= 4 is 5.91 Å². The maximum Gasteiger partial charge on any atom is 0.255 e. The van der Waals surface area contributed by atoms with Crippen molar-refractivity contribution in [2.24, 2.45) is 11.8 Å². The lowest BCUT2D eigenvalue weighted by molar-refractivity contribution is 0.0781. The third-order valence-electron chi connectivity index (χ3n) is 3.80. The zero-order valence-electron chi connectivity index (χ0n) is 10.0. The highest BCUT2D eigenvalue weighted by Crippen LogP contribution is 2.27. The Kier molecular flexibility index (Phi) is 2.59. The van der Waals surface area contributed by atoms with Crippen LogP contribution in [0.5, 0.6) is 0 Å². The summed E-state index contributed by atoms with van der Waals surface area (Å²) in [5.41, 5.74) is 1.76. The lowest BCUT2D eigenvalue weighted by atomic mass is 10.0. The Morgan fingerprint density at radius 1 is 1.35 bits per heavy atom. The molecule has 1 aromatic heterocycles. The summed E-state index contributed by atoms with van der Waals surface area (Å²) in [6.07, 6.45) is 3.45. The van der Waals surface area contributed by atoms with Crippen LogP contribution in [0.2, 0.25) is 0 Å². The van der Waals surface area contributed by atoms with E-state index in [2.05, 4.69) is 10.3 Å². The highest BCUT2D eigenvalue weighted by atomic mass is 16.2. The first kappa shape index (κ1) is 10.7. The van der Waals surface area contributed by atoms with Gasteiger partial charge in [0.15, 0.2) is 0 Å². The molecule has 2 atom stereocenters. The Bertz CT molecular complexity index is 434. The summed E-state index contributed by atoms with van der Waals surface area (Å²) in [7, 11) is 0. The maximum atomic E-state index is 12.3. The number of aryl methyl sites for hydroxylation is 1. The van der Waals surface area contributed by atoms with Gasteiger partial charge >= 0.3 is 0 Å². The molecule has 0 saturated carbocycles. The van der Waals surface area contributed by atoms with Gasteiger partial charge in [-0.05, 0) is 30.4 Å². The number of hydrogen-bond acceptors (Lipinski definition) is 3. The largest absolute Gasteiger partial charge is 0.338 e. The van der Waals surface area contributed by atoms with E-state index in [9.17, 15) is 4.79 Å². The molecule has 0 bridgehead atoms. The second kappa shape index (κ2) is 4.11. The average molecular weight is 231 g/mol. The van der Waals surface area contributed by atoms with E-state index in [0.717, 1.165) is 37.3 Å². The molecule has 2 aliphatic heterocycles. The molecule has 0 aromatic carbocycles. The molecule has 90 valence electrons. The molecule has 0 spiro atoms. The molecular formula is C13H17N3O. The van der Waals surface area contributed by atoms with Gasteiger partial charge in [-0.15, -0.1) is 0 Å². The van der Waals surface area contributed by atoms with Crippen molar-refractivity contribution in [1.29, 1.82) is 0 Å². The van der Waals surface area contributed by atoms with Crippen LogP contribution in [0.1, 0.15) is 15.9 Å². The van der Waals surface area contributed by atoms with Gasteiger partial charge in [0.2, 0.25) is 0 Å². The maximum absolute atomic E-state index is 12.3. The van der Waals surface area contributed by atoms with Crippen LogP contribution in [-0.4, -0.2) is 42.0 Å². The number of nitrogens with zero attached hydrogens (tertiary/aromatic N) is 2. The Hall–Kier alpha value is -1.42. The van der Waals surface area contributed by atoms with Crippen LogP contribution in [0.4, 0.5) is 0 Å². The number of likely N-dealkylation sites (tertiary alicyclic amines) is 1. The first-order valence-corrected chi connectivity index (χ1v) is 6.15. The van der Waals surface area contributed by atoms with Crippen LogP contribution in [0.25, 0.3) is 0 Å². The third kappa shape index (κ3) is 1.93. The number of amides is 1. The minimum atomic E-state index is 0.135. The van der Waals surface area contributed by atoms with Crippen LogP contribution in [0.15, 0.2) is 18.5 Å². The number of rotatable bonds is 1. The van der Waals surface area contributed by atoms with Crippen molar-refractivity contribution in [2.75, 3.05) is 26.2 Å². The topological polar surface area (TPSA) is 45.2 Å². The van der Waals surface area contributed by atoms with E-state index in [1.54, 1.807) is 12.4 Å².